The fourth-order valence-electron chi connectivity index (χ4n) is 2.57. The summed E-state index contributed by atoms with van der Waals surface area (Å²) in [5, 5.41) is 9.36. The van der Waals surface area contributed by atoms with Crippen molar-refractivity contribution >= 4 is 17.5 Å². The van der Waals surface area contributed by atoms with Crippen molar-refractivity contribution in [3.63, 3.8) is 0 Å². The van der Waals surface area contributed by atoms with Gasteiger partial charge >= 0.3 is 0 Å². The van der Waals surface area contributed by atoms with E-state index in [-0.39, 0.29) is 5.78 Å². The van der Waals surface area contributed by atoms with Gasteiger partial charge in [-0.05, 0) is 38.0 Å². The zero-order chi connectivity index (χ0) is 17.1. The molecule has 0 N–H and O–H groups in total. The highest BCUT2D eigenvalue weighted by Crippen LogP contribution is 2.40. The first kappa shape index (κ1) is 16.8. The Hall–Kier alpha value is -2.02. The summed E-state index contributed by atoms with van der Waals surface area (Å²) < 4.78 is 12.6. The lowest BCUT2D eigenvalue weighted by molar-refractivity contribution is 0.102. The van der Waals surface area contributed by atoms with E-state index in [1.807, 2.05) is 0 Å². The number of carbonyl (C=O) groups excluding carboxylic acids is 1. The maximum atomic E-state index is 12.5. The number of nitrogens with zero attached hydrogens (tertiary/aromatic N) is 3. The van der Waals surface area contributed by atoms with E-state index in [0.717, 1.165) is 17.5 Å². The Balaban J connectivity index is 1.69. The van der Waals surface area contributed by atoms with Gasteiger partial charge in [-0.25, -0.2) is 0 Å². The number of methoxy groups -OCH3 is 2. The van der Waals surface area contributed by atoms with Crippen LogP contribution in [0.4, 0.5) is 0 Å². The van der Waals surface area contributed by atoms with E-state index in [2.05, 4.69) is 21.7 Å². The van der Waals surface area contributed by atoms with Crippen molar-refractivity contribution in [2.24, 2.45) is 0 Å². The van der Waals surface area contributed by atoms with Crippen LogP contribution in [0.2, 0.25) is 0 Å². The molecule has 0 unspecified atom stereocenters. The van der Waals surface area contributed by atoms with Gasteiger partial charge in [0.1, 0.15) is 5.82 Å². The molecule has 1 heterocycles. The van der Waals surface area contributed by atoms with Crippen molar-refractivity contribution < 1.29 is 14.3 Å². The number of benzene rings is 1. The molecule has 6 nitrogen and oxygen atoms in total. The summed E-state index contributed by atoms with van der Waals surface area (Å²) in [7, 11) is 3.13. The van der Waals surface area contributed by atoms with Gasteiger partial charge < -0.3 is 14.0 Å². The lowest BCUT2D eigenvalue weighted by atomic mass is 10.1. The molecule has 1 aromatic heterocycles. The van der Waals surface area contributed by atoms with Crippen LogP contribution in [-0.4, -0.2) is 40.5 Å². The van der Waals surface area contributed by atoms with Gasteiger partial charge in [0.05, 0.1) is 20.0 Å². The van der Waals surface area contributed by atoms with Gasteiger partial charge in [-0.15, -0.1) is 10.2 Å². The maximum absolute atomic E-state index is 12.5. The van der Waals surface area contributed by atoms with Crippen LogP contribution in [0.25, 0.3) is 0 Å². The molecule has 0 atom stereocenters. The maximum Gasteiger partial charge on any atom is 0.191 e. The van der Waals surface area contributed by atoms with Crippen molar-refractivity contribution in [3.8, 4) is 11.5 Å². The largest absolute Gasteiger partial charge is 0.493 e. The second kappa shape index (κ2) is 7.25. The number of Topliss-reactive ketones (excluding diaryl/α,β-unsaturated/α-hetero) is 1. The molecule has 2 aromatic rings. The summed E-state index contributed by atoms with van der Waals surface area (Å²) in [4.78, 5) is 12.5. The molecule has 1 aliphatic carbocycles. The quantitative estimate of drug-likeness (QED) is 0.540. The highest BCUT2D eigenvalue weighted by molar-refractivity contribution is 7.99. The smallest absolute Gasteiger partial charge is 0.191 e. The molecule has 24 heavy (non-hydrogen) atoms. The van der Waals surface area contributed by atoms with Crippen LogP contribution in [0.5, 0.6) is 11.5 Å². The first-order chi connectivity index (χ1) is 11.7. The molecule has 1 saturated carbocycles. The Morgan fingerprint density at radius 3 is 2.62 bits per heavy atom. The van der Waals surface area contributed by atoms with Crippen LogP contribution >= 0.6 is 11.8 Å². The van der Waals surface area contributed by atoms with Crippen LogP contribution in [-0.2, 0) is 6.54 Å². The zero-order valence-electron chi connectivity index (χ0n) is 14.1. The SMILES string of the molecule is CCn1c(SCC(=O)c2ccc(OC)c(OC)c2)nnc1C1CC1. The number of ketones is 1. The molecule has 3 rings (SSSR count). The summed E-state index contributed by atoms with van der Waals surface area (Å²) >= 11 is 1.43. The number of hydrogen-bond donors (Lipinski definition) is 0. The number of ether oxygens (including phenoxy) is 2. The Morgan fingerprint density at radius 2 is 2.00 bits per heavy atom. The number of hydrogen-bond acceptors (Lipinski definition) is 6. The van der Waals surface area contributed by atoms with E-state index < -0.39 is 0 Å². The summed E-state index contributed by atoms with van der Waals surface area (Å²) in [5.74, 6) is 3.12. The van der Waals surface area contributed by atoms with Crippen molar-refractivity contribution in [1.29, 1.82) is 0 Å². The lowest BCUT2D eigenvalue weighted by Gasteiger charge is -2.09. The molecule has 7 heteroatoms. The van der Waals surface area contributed by atoms with Gasteiger partial charge in [0.25, 0.3) is 0 Å². The van der Waals surface area contributed by atoms with Crippen LogP contribution in [0.15, 0.2) is 23.4 Å². The van der Waals surface area contributed by atoms with Gasteiger partial charge in [-0.1, -0.05) is 11.8 Å². The number of rotatable bonds is 8. The number of carbonyl (C=O) groups is 1. The molecule has 0 amide bonds. The normalized spacial score (nSPS) is 13.8. The molecule has 0 spiro atoms. The predicted molar refractivity (Wildman–Crippen MR) is 92.3 cm³/mol. The minimum Gasteiger partial charge on any atom is -0.493 e. The molecular weight excluding hydrogens is 326 g/mol. The first-order valence-corrected chi connectivity index (χ1v) is 8.97. The van der Waals surface area contributed by atoms with Gasteiger partial charge in [0.15, 0.2) is 22.4 Å². The average molecular weight is 347 g/mol. The zero-order valence-corrected chi connectivity index (χ0v) is 14.9. The summed E-state index contributed by atoms with van der Waals surface area (Å²) in [6.45, 7) is 2.90. The Kier molecular flexibility index (Phi) is 5.08. The van der Waals surface area contributed by atoms with E-state index in [1.54, 1.807) is 32.4 Å². The molecular formula is C17H21N3O3S. The van der Waals surface area contributed by atoms with Crippen LogP contribution in [0.1, 0.15) is 41.9 Å². The molecule has 1 aromatic carbocycles. The first-order valence-electron chi connectivity index (χ1n) is 7.99. The van der Waals surface area contributed by atoms with E-state index in [1.165, 1.54) is 24.6 Å². The third-order valence-electron chi connectivity index (χ3n) is 4.04. The van der Waals surface area contributed by atoms with Gasteiger partial charge in [0.2, 0.25) is 0 Å². The van der Waals surface area contributed by atoms with Crippen molar-refractivity contribution in [3.05, 3.63) is 29.6 Å². The fourth-order valence-corrected chi connectivity index (χ4v) is 3.47. The van der Waals surface area contributed by atoms with E-state index in [0.29, 0.717) is 28.7 Å². The summed E-state index contributed by atoms with van der Waals surface area (Å²) in [6, 6.07) is 5.21. The van der Waals surface area contributed by atoms with Crippen LogP contribution < -0.4 is 9.47 Å². The van der Waals surface area contributed by atoms with E-state index in [9.17, 15) is 4.79 Å². The Bertz CT molecular complexity index is 741. The number of aromatic nitrogens is 3. The molecule has 1 aliphatic rings. The molecule has 128 valence electrons. The van der Waals surface area contributed by atoms with E-state index in [4.69, 9.17) is 9.47 Å². The summed E-state index contributed by atoms with van der Waals surface area (Å²) in [6.07, 6.45) is 2.38. The molecule has 0 saturated heterocycles. The molecule has 1 fully saturated rings. The molecule has 0 aliphatic heterocycles. The molecule has 0 bridgehead atoms. The predicted octanol–water partition coefficient (Wildman–Crippen LogP) is 3.17. The Labute approximate surface area is 145 Å². The number of thioether (sulfide) groups is 1. The van der Waals surface area contributed by atoms with Gasteiger partial charge in [-0.2, -0.15) is 0 Å². The minimum absolute atomic E-state index is 0.0274. The monoisotopic (exact) mass is 347 g/mol. The van der Waals surface area contributed by atoms with Gasteiger partial charge in [0, 0.05) is 18.0 Å². The topological polar surface area (TPSA) is 66.2 Å². The highest BCUT2D eigenvalue weighted by Gasteiger charge is 2.30. The van der Waals surface area contributed by atoms with Crippen molar-refractivity contribution in [1.82, 2.24) is 14.8 Å². The summed E-state index contributed by atoms with van der Waals surface area (Å²) in [5.41, 5.74) is 0.602. The third-order valence-corrected chi connectivity index (χ3v) is 5.01. The van der Waals surface area contributed by atoms with E-state index >= 15 is 0 Å². The Morgan fingerprint density at radius 1 is 1.25 bits per heavy atom. The van der Waals surface area contributed by atoms with Gasteiger partial charge in [-0.3, -0.25) is 4.79 Å². The van der Waals surface area contributed by atoms with Crippen molar-refractivity contribution in [2.45, 2.75) is 37.4 Å². The average Bonchev–Trinajstić information content (AvgIpc) is 3.38. The van der Waals surface area contributed by atoms with Crippen LogP contribution in [0.3, 0.4) is 0 Å². The minimum atomic E-state index is 0.0274. The lowest BCUT2D eigenvalue weighted by Crippen LogP contribution is -2.06. The van der Waals surface area contributed by atoms with Crippen molar-refractivity contribution in [2.75, 3.05) is 20.0 Å². The third kappa shape index (κ3) is 3.40. The van der Waals surface area contributed by atoms with Crippen LogP contribution in [0, 0.1) is 0 Å². The molecule has 0 radical (unpaired) electrons. The standard InChI is InChI=1S/C17H21N3O3S/c1-4-20-16(11-5-6-11)18-19-17(20)24-10-13(21)12-7-8-14(22-2)15(9-12)23-3/h7-9,11H,4-6,10H2,1-3H3. The highest BCUT2D eigenvalue weighted by atomic mass is 32.2. The second-order valence-corrected chi connectivity index (χ2v) is 6.58. The second-order valence-electron chi connectivity index (χ2n) is 5.64. The fraction of sp³-hybridized carbons (Fsp3) is 0.471.